The maximum absolute atomic E-state index is 14.7. The van der Waals surface area contributed by atoms with Crippen molar-refractivity contribution in [2.45, 2.75) is 50.0 Å². The molecular formula is C30H37F3N4O7. The number of Topliss-reactive ketones (excluding diaryl/α,β-unsaturated/α-hetero) is 2. The minimum atomic E-state index is -4.88. The van der Waals surface area contributed by atoms with Gasteiger partial charge in [0.15, 0.2) is 11.4 Å². The Morgan fingerprint density at radius 1 is 1.14 bits per heavy atom. The molecule has 1 heterocycles. The number of nitrogens with zero attached hydrogens (tertiary/aromatic N) is 3. The van der Waals surface area contributed by atoms with E-state index >= 15 is 0 Å². The van der Waals surface area contributed by atoms with Gasteiger partial charge in [-0.15, -0.1) is 0 Å². The SMILES string of the molecule is CN(CCN1CCCC1)Cc1cc(O)c2c(c1C(F)(F)F)C[C@H]1C[C@H]3[C@H](N(C)C)C(=O)C(C(N)=O)=C(O)[C@@]3(O)C(=O)C1=C2O. The third kappa shape index (κ3) is 4.97. The number of amides is 1. The topological polar surface area (TPSA) is 168 Å². The van der Waals surface area contributed by atoms with E-state index in [4.69, 9.17) is 5.73 Å². The van der Waals surface area contributed by atoms with Crippen LogP contribution in [0.4, 0.5) is 13.2 Å². The summed E-state index contributed by atoms with van der Waals surface area (Å²) in [7, 11) is 4.57. The van der Waals surface area contributed by atoms with Crippen molar-refractivity contribution in [3.63, 3.8) is 0 Å². The lowest BCUT2D eigenvalue weighted by atomic mass is 9.57. The van der Waals surface area contributed by atoms with Gasteiger partial charge < -0.3 is 36.0 Å². The maximum Gasteiger partial charge on any atom is 0.417 e. The zero-order valence-corrected chi connectivity index (χ0v) is 24.7. The summed E-state index contributed by atoms with van der Waals surface area (Å²) >= 11 is 0. The van der Waals surface area contributed by atoms with E-state index in [2.05, 4.69) is 4.90 Å². The molecule has 1 saturated heterocycles. The summed E-state index contributed by atoms with van der Waals surface area (Å²) in [6, 6.07) is -0.404. The molecule has 1 aliphatic heterocycles. The first-order valence-corrected chi connectivity index (χ1v) is 14.5. The molecule has 1 aromatic rings. The molecule has 11 nitrogen and oxygen atoms in total. The lowest BCUT2D eigenvalue weighted by Crippen LogP contribution is -2.65. The van der Waals surface area contributed by atoms with Gasteiger partial charge in [0.2, 0.25) is 5.78 Å². The molecule has 0 aromatic heterocycles. The van der Waals surface area contributed by atoms with Gasteiger partial charge in [-0.2, -0.15) is 13.2 Å². The molecule has 6 N–H and O–H groups in total. The third-order valence-corrected chi connectivity index (χ3v) is 9.53. The minimum absolute atomic E-state index is 0.140. The van der Waals surface area contributed by atoms with Crippen molar-refractivity contribution in [3.8, 4) is 5.75 Å². The first-order chi connectivity index (χ1) is 20.5. The van der Waals surface area contributed by atoms with Crippen molar-refractivity contribution in [1.82, 2.24) is 14.7 Å². The zero-order valence-electron chi connectivity index (χ0n) is 24.7. The standard InChI is InChI=1S/C30H37F3N4O7/c1-35(2)23-17-11-14-10-16-20(24(39)19(14)26(41)29(17,44)27(42)21(25(23)40)28(34)43)18(38)12-15(22(16)30(31,32)33)13-36(3)8-9-37-6-4-5-7-37/h12,14,17,23,38-39,42,44H,4-11,13H2,1-3H3,(H2,34,43)/t14-,17-,23-,29-/m0/s1. The molecule has 0 bridgehead atoms. The van der Waals surface area contributed by atoms with Crippen LogP contribution in [0.2, 0.25) is 0 Å². The van der Waals surface area contributed by atoms with Crippen LogP contribution in [0, 0.1) is 11.8 Å². The summed E-state index contributed by atoms with van der Waals surface area (Å²) in [6.45, 7) is 2.90. The van der Waals surface area contributed by atoms with E-state index in [0.717, 1.165) is 32.0 Å². The average molecular weight is 623 g/mol. The highest BCUT2D eigenvalue weighted by atomic mass is 19.4. The highest BCUT2D eigenvalue weighted by Crippen LogP contribution is 2.54. The monoisotopic (exact) mass is 622 g/mol. The van der Waals surface area contributed by atoms with Crippen molar-refractivity contribution < 1.29 is 48.0 Å². The Balaban J connectivity index is 1.61. The molecule has 2 fully saturated rings. The largest absolute Gasteiger partial charge is 0.508 e. The van der Waals surface area contributed by atoms with Crippen LogP contribution >= 0.6 is 0 Å². The van der Waals surface area contributed by atoms with Crippen LogP contribution < -0.4 is 5.73 Å². The number of likely N-dealkylation sites (N-methyl/N-ethyl adjacent to an activating group) is 2. The first kappa shape index (κ1) is 31.9. The fourth-order valence-electron chi connectivity index (χ4n) is 7.55. The van der Waals surface area contributed by atoms with E-state index in [9.17, 15) is 48.0 Å². The Bertz CT molecular complexity index is 1480. The van der Waals surface area contributed by atoms with Crippen LogP contribution in [0.5, 0.6) is 5.75 Å². The molecule has 44 heavy (non-hydrogen) atoms. The number of benzene rings is 1. The molecule has 1 amide bonds. The summed E-state index contributed by atoms with van der Waals surface area (Å²) in [5.41, 5.74) is -1.24. The van der Waals surface area contributed by atoms with Gasteiger partial charge in [-0.25, -0.2) is 0 Å². The van der Waals surface area contributed by atoms with Crippen molar-refractivity contribution >= 4 is 23.2 Å². The van der Waals surface area contributed by atoms with Crippen LogP contribution in [0.1, 0.15) is 41.5 Å². The number of phenols is 1. The molecule has 0 unspecified atom stereocenters. The molecule has 1 saturated carbocycles. The summed E-state index contributed by atoms with van der Waals surface area (Å²) < 4.78 is 44.2. The molecule has 14 heteroatoms. The molecule has 0 spiro atoms. The van der Waals surface area contributed by atoms with Gasteiger partial charge in [0.25, 0.3) is 5.91 Å². The van der Waals surface area contributed by atoms with Gasteiger partial charge in [-0.1, -0.05) is 0 Å². The number of aliphatic hydroxyl groups is 3. The zero-order chi connectivity index (χ0) is 32.5. The Hall–Kier alpha value is -3.46. The minimum Gasteiger partial charge on any atom is -0.508 e. The molecule has 240 valence electrons. The molecule has 5 rings (SSSR count). The van der Waals surface area contributed by atoms with Crippen LogP contribution in [0.15, 0.2) is 23.0 Å². The predicted octanol–water partition coefficient (Wildman–Crippen LogP) is 1.51. The van der Waals surface area contributed by atoms with Crippen molar-refractivity contribution in [2.75, 3.05) is 47.3 Å². The van der Waals surface area contributed by atoms with Gasteiger partial charge in [-0.3, -0.25) is 19.3 Å². The highest BCUT2D eigenvalue weighted by Gasteiger charge is 2.64. The van der Waals surface area contributed by atoms with Crippen LogP contribution in [-0.4, -0.2) is 112 Å². The number of nitrogens with two attached hydrogens (primary N) is 1. The number of aliphatic hydroxyl groups excluding tert-OH is 2. The fourth-order valence-corrected chi connectivity index (χ4v) is 7.55. The second kappa shape index (κ2) is 11.2. The summed E-state index contributed by atoms with van der Waals surface area (Å²) in [4.78, 5) is 44.5. The summed E-state index contributed by atoms with van der Waals surface area (Å²) in [6.07, 6.45) is -3.48. The average Bonchev–Trinajstić information content (AvgIpc) is 3.42. The predicted molar refractivity (Wildman–Crippen MR) is 151 cm³/mol. The number of carbonyl (C=O) groups excluding carboxylic acids is 3. The van der Waals surface area contributed by atoms with Crippen LogP contribution in [-0.2, 0) is 33.5 Å². The molecule has 4 atom stereocenters. The van der Waals surface area contributed by atoms with Gasteiger partial charge in [0.1, 0.15) is 22.8 Å². The number of phenolic OH excluding ortho intramolecular Hbond substituents is 1. The Labute approximate surface area is 252 Å². The molecular weight excluding hydrogens is 585 g/mol. The van der Waals surface area contributed by atoms with Crippen molar-refractivity contribution in [2.24, 2.45) is 17.6 Å². The van der Waals surface area contributed by atoms with Crippen molar-refractivity contribution in [1.29, 1.82) is 0 Å². The normalized spacial score (nSPS) is 27.7. The molecule has 1 aromatic carbocycles. The van der Waals surface area contributed by atoms with Gasteiger partial charge in [-0.05, 0) is 83.0 Å². The lowest BCUT2D eigenvalue weighted by Gasteiger charge is -2.50. The van der Waals surface area contributed by atoms with Gasteiger partial charge >= 0.3 is 6.18 Å². The van der Waals surface area contributed by atoms with Crippen molar-refractivity contribution in [3.05, 3.63) is 45.2 Å². The number of halogens is 3. The Morgan fingerprint density at radius 3 is 2.34 bits per heavy atom. The van der Waals surface area contributed by atoms with Crippen LogP contribution in [0.3, 0.4) is 0 Å². The number of primary amides is 1. The number of carbonyl (C=O) groups is 3. The van der Waals surface area contributed by atoms with E-state index < -0.39 is 98.7 Å². The van der Waals surface area contributed by atoms with E-state index in [1.165, 1.54) is 19.0 Å². The van der Waals surface area contributed by atoms with E-state index in [0.29, 0.717) is 13.1 Å². The highest BCUT2D eigenvalue weighted by molar-refractivity contribution is 6.24. The number of hydrogen-bond acceptors (Lipinski definition) is 10. The van der Waals surface area contributed by atoms with Crippen LogP contribution in [0.25, 0.3) is 5.76 Å². The number of rotatable bonds is 7. The van der Waals surface area contributed by atoms with Gasteiger partial charge in [0, 0.05) is 31.1 Å². The number of ketones is 2. The first-order valence-electron chi connectivity index (χ1n) is 14.5. The van der Waals surface area contributed by atoms with E-state index in [1.54, 1.807) is 11.9 Å². The number of aromatic hydroxyl groups is 1. The smallest absolute Gasteiger partial charge is 0.417 e. The van der Waals surface area contributed by atoms with E-state index in [1.807, 2.05) is 0 Å². The van der Waals surface area contributed by atoms with Gasteiger partial charge in [0.05, 0.1) is 17.2 Å². The third-order valence-electron chi connectivity index (χ3n) is 9.53. The number of fused-ring (bicyclic) bond motifs is 3. The lowest BCUT2D eigenvalue weighted by molar-refractivity contribution is -0.153. The molecule has 0 radical (unpaired) electrons. The Morgan fingerprint density at radius 2 is 1.77 bits per heavy atom. The summed E-state index contributed by atoms with van der Waals surface area (Å²) in [5, 5.41) is 44.9. The second-order valence-electron chi connectivity index (χ2n) is 12.5. The number of hydrogen-bond donors (Lipinski definition) is 5. The quantitative estimate of drug-likeness (QED) is 0.281. The molecule has 4 aliphatic rings. The fraction of sp³-hybridized carbons (Fsp3) is 0.567. The molecule has 3 aliphatic carbocycles. The number of alkyl halides is 3. The second-order valence-corrected chi connectivity index (χ2v) is 12.5. The Kier molecular flexibility index (Phi) is 8.10. The van der Waals surface area contributed by atoms with E-state index in [-0.39, 0.29) is 18.5 Å². The maximum atomic E-state index is 14.7. The number of likely N-dealkylation sites (tertiary alicyclic amines) is 1. The summed E-state index contributed by atoms with van der Waals surface area (Å²) in [5.74, 6) is -8.99.